The first-order chi connectivity index (χ1) is 10.4. The second-order valence-electron chi connectivity index (χ2n) is 6.99. The van der Waals surface area contributed by atoms with E-state index < -0.39 is 10.2 Å². The summed E-state index contributed by atoms with van der Waals surface area (Å²) in [5, 5.41) is 0. The van der Waals surface area contributed by atoms with Gasteiger partial charge in [0, 0.05) is 26.1 Å². The van der Waals surface area contributed by atoms with Crippen LogP contribution in [0.1, 0.15) is 50.5 Å². The molecule has 1 aliphatic heterocycles. The van der Waals surface area contributed by atoms with Crippen LogP contribution in [-0.2, 0) is 16.8 Å². The van der Waals surface area contributed by atoms with Crippen molar-refractivity contribution in [2.75, 3.05) is 20.1 Å². The molecule has 1 aliphatic carbocycles. The van der Waals surface area contributed by atoms with Gasteiger partial charge in [-0.15, -0.1) is 0 Å². The van der Waals surface area contributed by atoms with Crippen molar-refractivity contribution in [3.63, 3.8) is 0 Å². The van der Waals surface area contributed by atoms with Crippen LogP contribution in [0.2, 0.25) is 0 Å². The predicted octanol–water partition coefficient (Wildman–Crippen LogP) is 2.81. The lowest BCUT2D eigenvalue weighted by Crippen LogP contribution is -2.45. The molecule has 3 rings (SSSR count). The average molecular weight is 326 g/mol. The minimum atomic E-state index is -3.39. The van der Waals surface area contributed by atoms with Crippen molar-refractivity contribution in [1.82, 2.24) is 8.61 Å². The first-order valence-electron chi connectivity index (χ1n) is 8.18. The summed E-state index contributed by atoms with van der Waals surface area (Å²) in [5.41, 5.74) is 0. The summed E-state index contributed by atoms with van der Waals surface area (Å²) in [6.45, 7) is 5.86. The maximum absolute atomic E-state index is 12.7. The number of hydrogen-bond acceptors (Lipinski definition) is 3. The zero-order valence-electron chi connectivity index (χ0n) is 13.7. The summed E-state index contributed by atoms with van der Waals surface area (Å²) in [6, 6.07) is 3.90. The van der Waals surface area contributed by atoms with Crippen molar-refractivity contribution >= 4 is 10.2 Å². The Bertz CT molecular complexity index is 625. The molecule has 0 spiro atoms. The SMILES string of the molecule is C[C@@H]1CCCN(S(=O)(=O)N(C)Cc2ccc([C@H]3C[C@@H]3C)o2)C1. The molecule has 22 heavy (non-hydrogen) atoms. The highest BCUT2D eigenvalue weighted by molar-refractivity contribution is 7.86. The van der Waals surface area contributed by atoms with Crippen molar-refractivity contribution in [3.05, 3.63) is 23.7 Å². The summed E-state index contributed by atoms with van der Waals surface area (Å²) in [5.74, 6) is 3.38. The van der Waals surface area contributed by atoms with E-state index in [1.807, 2.05) is 12.1 Å². The van der Waals surface area contributed by atoms with Crippen molar-refractivity contribution < 1.29 is 12.8 Å². The molecule has 2 heterocycles. The van der Waals surface area contributed by atoms with Gasteiger partial charge in [-0.1, -0.05) is 13.8 Å². The van der Waals surface area contributed by atoms with E-state index in [1.54, 1.807) is 11.4 Å². The van der Waals surface area contributed by atoms with E-state index in [0.29, 0.717) is 37.4 Å². The Morgan fingerprint density at radius 3 is 2.73 bits per heavy atom. The van der Waals surface area contributed by atoms with Crippen LogP contribution in [0.3, 0.4) is 0 Å². The Kier molecular flexibility index (Phi) is 4.36. The van der Waals surface area contributed by atoms with E-state index >= 15 is 0 Å². The van der Waals surface area contributed by atoms with E-state index in [2.05, 4.69) is 13.8 Å². The molecule has 0 N–H and O–H groups in total. The fraction of sp³-hybridized carbons (Fsp3) is 0.750. The Morgan fingerprint density at radius 1 is 1.36 bits per heavy atom. The Labute approximate surface area is 133 Å². The van der Waals surface area contributed by atoms with Gasteiger partial charge in [0.15, 0.2) is 0 Å². The van der Waals surface area contributed by atoms with Crippen molar-refractivity contribution in [1.29, 1.82) is 0 Å². The normalized spacial score (nSPS) is 29.9. The Morgan fingerprint density at radius 2 is 2.09 bits per heavy atom. The molecule has 1 saturated heterocycles. The first-order valence-corrected chi connectivity index (χ1v) is 9.57. The van der Waals surface area contributed by atoms with Crippen molar-refractivity contribution in [3.8, 4) is 0 Å². The molecule has 1 aromatic rings. The van der Waals surface area contributed by atoms with E-state index in [-0.39, 0.29) is 0 Å². The van der Waals surface area contributed by atoms with Gasteiger partial charge in [0.25, 0.3) is 10.2 Å². The quantitative estimate of drug-likeness (QED) is 0.836. The molecule has 1 saturated carbocycles. The number of furan rings is 1. The van der Waals surface area contributed by atoms with Gasteiger partial charge in [-0.2, -0.15) is 17.0 Å². The maximum Gasteiger partial charge on any atom is 0.282 e. The van der Waals surface area contributed by atoms with Crippen molar-refractivity contribution in [2.45, 2.75) is 45.6 Å². The lowest BCUT2D eigenvalue weighted by molar-refractivity contribution is 0.259. The lowest BCUT2D eigenvalue weighted by Gasteiger charge is -2.32. The largest absolute Gasteiger partial charge is 0.464 e. The third-order valence-corrected chi connectivity index (χ3v) is 6.78. The monoisotopic (exact) mass is 326 g/mol. The molecule has 0 amide bonds. The van der Waals surface area contributed by atoms with E-state index in [4.69, 9.17) is 4.42 Å². The number of rotatable bonds is 5. The van der Waals surface area contributed by atoms with Gasteiger partial charge in [-0.05, 0) is 43.2 Å². The van der Waals surface area contributed by atoms with E-state index in [0.717, 1.165) is 24.4 Å². The molecule has 1 aromatic heterocycles. The van der Waals surface area contributed by atoms with Crippen LogP contribution in [0.5, 0.6) is 0 Å². The second-order valence-corrected chi connectivity index (χ2v) is 9.03. The molecule has 0 bridgehead atoms. The van der Waals surface area contributed by atoms with Gasteiger partial charge in [0.05, 0.1) is 6.54 Å². The molecule has 5 nitrogen and oxygen atoms in total. The van der Waals surface area contributed by atoms with E-state index in [9.17, 15) is 8.42 Å². The lowest BCUT2D eigenvalue weighted by atomic mass is 10.0. The molecule has 3 atom stereocenters. The maximum atomic E-state index is 12.7. The molecule has 6 heteroatoms. The highest BCUT2D eigenvalue weighted by Gasteiger charge is 2.37. The van der Waals surface area contributed by atoms with Gasteiger partial charge in [-0.25, -0.2) is 0 Å². The minimum Gasteiger partial charge on any atom is -0.464 e. The predicted molar refractivity (Wildman–Crippen MR) is 85.6 cm³/mol. The fourth-order valence-corrected chi connectivity index (χ4v) is 4.74. The van der Waals surface area contributed by atoms with Crippen LogP contribution < -0.4 is 0 Å². The second kappa shape index (κ2) is 5.98. The molecule has 0 radical (unpaired) electrons. The third-order valence-electron chi connectivity index (χ3n) is 4.88. The fourth-order valence-electron chi connectivity index (χ4n) is 3.25. The smallest absolute Gasteiger partial charge is 0.282 e. The topological polar surface area (TPSA) is 53.8 Å². The molecular weight excluding hydrogens is 300 g/mol. The van der Waals surface area contributed by atoms with Crippen LogP contribution in [0.15, 0.2) is 16.5 Å². The van der Waals surface area contributed by atoms with E-state index in [1.165, 1.54) is 10.7 Å². The number of hydrogen-bond donors (Lipinski definition) is 0. The average Bonchev–Trinajstić information content (AvgIpc) is 3.02. The van der Waals surface area contributed by atoms with Gasteiger partial charge >= 0.3 is 0 Å². The summed E-state index contributed by atoms with van der Waals surface area (Å²) in [6.07, 6.45) is 3.22. The van der Waals surface area contributed by atoms with Gasteiger partial charge in [-0.3, -0.25) is 0 Å². The molecule has 2 aliphatic rings. The summed E-state index contributed by atoms with van der Waals surface area (Å²) >= 11 is 0. The summed E-state index contributed by atoms with van der Waals surface area (Å²) in [7, 11) is -1.76. The van der Waals surface area contributed by atoms with Crippen LogP contribution in [-0.4, -0.2) is 37.2 Å². The standard InChI is InChI=1S/C16H26N2O3S/c1-12-5-4-8-18(10-12)22(19,20)17(3)11-14-6-7-16(21-14)15-9-13(15)2/h6-7,12-13,15H,4-5,8-11H2,1-3H3/t12-,13+,15+/m1/s1. The third kappa shape index (κ3) is 3.24. The Hall–Kier alpha value is -0.850. The molecule has 124 valence electrons. The zero-order chi connectivity index (χ0) is 15.9. The highest BCUT2D eigenvalue weighted by atomic mass is 32.2. The summed E-state index contributed by atoms with van der Waals surface area (Å²) in [4.78, 5) is 0. The first kappa shape index (κ1) is 16.0. The molecule has 0 unspecified atom stereocenters. The Balaban J connectivity index is 1.65. The van der Waals surface area contributed by atoms with Crippen LogP contribution in [0.25, 0.3) is 0 Å². The molecule has 0 aromatic carbocycles. The summed E-state index contributed by atoms with van der Waals surface area (Å²) < 4.78 is 34.1. The zero-order valence-corrected chi connectivity index (χ0v) is 14.5. The van der Waals surface area contributed by atoms with Gasteiger partial charge in [0.1, 0.15) is 11.5 Å². The van der Waals surface area contributed by atoms with Crippen LogP contribution >= 0.6 is 0 Å². The highest BCUT2D eigenvalue weighted by Crippen LogP contribution is 2.47. The minimum absolute atomic E-state index is 0.300. The number of piperidine rings is 1. The van der Waals surface area contributed by atoms with Gasteiger partial charge < -0.3 is 4.42 Å². The van der Waals surface area contributed by atoms with Gasteiger partial charge in [0.2, 0.25) is 0 Å². The molecular formula is C16H26N2O3S. The molecule has 2 fully saturated rings. The number of nitrogens with zero attached hydrogens (tertiary/aromatic N) is 2. The van der Waals surface area contributed by atoms with Crippen LogP contribution in [0, 0.1) is 11.8 Å². The van der Waals surface area contributed by atoms with Crippen molar-refractivity contribution in [2.24, 2.45) is 11.8 Å². The van der Waals surface area contributed by atoms with Crippen LogP contribution in [0.4, 0.5) is 0 Å².